The molecule has 12 heavy (non-hydrogen) atoms. The van der Waals surface area contributed by atoms with E-state index in [-0.39, 0.29) is 5.54 Å². The largest absolute Gasteiger partial charge is 0.379 e. The Morgan fingerprint density at radius 2 is 1.67 bits per heavy atom. The van der Waals surface area contributed by atoms with Crippen molar-refractivity contribution in [1.82, 2.24) is 4.90 Å². The maximum absolute atomic E-state index is 6.30. The molecule has 2 rings (SSSR count). The average Bonchev–Trinajstić information content (AvgIpc) is 2.55. The molecule has 0 amide bonds. The summed E-state index contributed by atoms with van der Waals surface area (Å²) in [5.41, 5.74) is 0.0176. The fourth-order valence-electron chi connectivity index (χ4n) is 2.31. The van der Waals surface area contributed by atoms with Gasteiger partial charge in [0.15, 0.2) is 0 Å². The summed E-state index contributed by atoms with van der Waals surface area (Å²) in [5.74, 6) is 0. The molecule has 1 saturated carbocycles. The minimum Gasteiger partial charge on any atom is -0.379 e. The van der Waals surface area contributed by atoms with Gasteiger partial charge in [0.1, 0.15) is 0 Å². The minimum absolute atomic E-state index is 0.0176. The van der Waals surface area contributed by atoms with Crippen LogP contribution in [0.25, 0.3) is 0 Å². The number of ether oxygens (including phenoxy) is 1. The molecule has 0 unspecified atom stereocenters. The van der Waals surface area contributed by atoms with Crippen LogP contribution in [0.3, 0.4) is 0 Å². The van der Waals surface area contributed by atoms with E-state index in [9.17, 15) is 0 Å². The fraction of sp³-hybridized carbons (Fsp3) is 0.900. The molecule has 2 fully saturated rings. The molecule has 1 heterocycles. The molecule has 1 saturated heterocycles. The first-order valence-corrected chi connectivity index (χ1v) is 4.93. The summed E-state index contributed by atoms with van der Waals surface area (Å²) >= 11 is 0. The predicted molar refractivity (Wildman–Crippen MR) is 47.9 cm³/mol. The quantitative estimate of drug-likeness (QED) is 0.584. The van der Waals surface area contributed by atoms with Crippen molar-refractivity contribution in [2.24, 2.45) is 0 Å². The Morgan fingerprint density at radius 1 is 1.08 bits per heavy atom. The maximum Gasteiger partial charge on any atom is 0.0594 e. The Morgan fingerprint density at radius 3 is 2.25 bits per heavy atom. The second-order valence-electron chi connectivity index (χ2n) is 3.91. The van der Waals surface area contributed by atoms with Gasteiger partial charge in [-0.1, -0.05) is 12.8 Å². The molecule has 0 atom stereocenters. The molecule has 0 spiro atoms. The molecule has 2 heteroatoms. The third-order valence-corrected chi connectivity index (χ3v) is 3.11. The first kappa shape index (κ1) is 8.52. The Labute approximate surface area is 74.9 Å². The number of rotatable bonds is 1. The standard InChI is InChI=1S/C10H17NO/c1-10(4-2-3-5-10)11-6-8-12-9-7-11/h1H,2-9H2. The van der Waals surface area contributed by atoms with E-state index >= 15 is 0 Å². The van der Waals surface area contributed by atoms with Crippen LogP contribution in [0.5, 0.6) is 0 Å². The highest BCUT2D eigenvalue weighted by molar-refractivity contribution is 4.97. The zero-order valence-electron chi connectivity index (χ0n) is 7.59. The lowest BCUT2D eigenvalue weighted by atomic mass is 9.97. The van der Waals surface area contributed by atoms with Crippen molar-refractivity contribution in [3.63, 3.8) is 0 Å². The van der Waals surface area contributed by atoms with Crippen LogP contribution < -0.4 is 0 Å². The summed E-state index contributed by atoms with van der Waals surface area (Å²) in [5, 5.41) is 0. The van der Waals surface area contributed by atoms with Gasteiger partial charge in [0.25, 0.3) is 0 Å². The Kier molecular flexibility index (Phi) is 2.37. The lowest BCUT2D eigenvalue weighted by molar-refractivity contribution is -0.00493. The Hall–Kier alpha value is -0.0800. The second kappa shape index (κ2) is 3.35. The van der Waals surface area contributed by atoms with E-state index in [1.54, 1.807) is 0 Å². The van der Waals surface area contributed by atoms with E-state index < -0.39 is 0 Å². The summed E-state index contributed by atoms with van der Waals surface area (Å²) < 4.78 is 5.31. The molecule has 1 aliphatic heterocycles. The SMILES string of the molecule is [CH]C1(N2CCOCC2)CCCC1. The summed E-state index contributed by atoms with van der Waals surface area (Å²) in [6.07, 6.45) is 4.95. The van der Waals surface area contributed by atoms with E-state index in [2.05, 4.69) is 4.90 Å². The lowest BCUT2D eigenvalue weighted by Crippen LogP contribution is -2.50. The van der Waals surface area contributed by atoms with Gasteiger partial charge in [-0.25, -0.2) is 0 Å². The van der Waals surface area contributed by atoms with Gasteiger partial charge < -0.3 is 4.74 Å². The molecule has 0 aromatic carbocycles. The number of hydrogen-bond donors (Lipinski definition) is 0. The predicted octanol–water partition coefficient (Wildman–Crippen LogP) is 1.34. The van der Waals surface area contributed by atoms with Gasteiger partial charge in [-0.05, 0) is 19.8 Å². The van der Waals surface area contributed by atoms with E-state index in [1.807, 2.05) is 0 Å². The van der Waals surface area contributed by atoms with E-state index in [1.165, 1.54) is 25.7 Å². The van der Waals surface area contributed by atoms with Crippen LogP contribution >= 0.6 is 0 Å². The van der Waals surface area contributed by atoms with Crippen LogP contribution in [0.2, 0.25) is 0 Å². The van der Waals surface area contributed by atoms with E-state index in [0.29, 0.717) is 0 Å². The van der Waals surface area contributed by atoms with Gasteiger partial charge in [0.2, 0.25) is 0 Å². The van der Waals surface area contributed by atoms with E-state index in [4.69, 9.17) is 11.7 Å². The molecule has 0 aromatic heterocycles. The van der Waals surface area contributed by atoms with Gasteiger partial charge >= 0.3 is 0 Å². The average molecular weight is 167 g/mol. The van der Waals surface area contributed by atoms with Crippen molar-refractivity contribution >= 4 is 0 Å². The van der Waals surface area contributed by atoms with Crippen LogP contribution in [0, 0.1) is 6.92 Å². The van der Waals surface area contributed by atoms with Crippen molar-refractivity contribution in [3.8, 4) is 0 Å². The van der Waals surface area contributed by atoms with Crippen LogP contribution in [0.1, 0.15) is 25.7 Å². The molecule has 0 bridgehead atoms. The molecule has 68 valence electrons. The molecule has 2 aliphatic rings. The van der Waals surface area contributed by atoms with Crippen molar-refractivity contribution in [3.05, 3.63) is 6.92 Å². The summed E-state index contributed by atoms with van der Waals surface area (Å²) in [6.45, 7) is 10.1. The zero-order chi connectivity index (χ0) is 8.44. The first-order valence-electron chi connectivity index (χ1n) is 4.93. The topological polar surface area (TPSA) is 12.5 Å². The van der Waals surface area contributed by atoms with Crippen LogP contribution in [0.15, 0.2) is 0 Å². The van der Waals surface area contributed by atoms with Crippen molar-refractivity contribution in [1.29, 1.82) is 0 Å². The molecular formula is C10H17NO. The van der Waals surface area contributed by atoms with Gasteiger partial charge in [0, 0.05) is 18.6 Å². The Bertz CT molecular complexity index is 146. The molecule has 0 N–H and O–H groups in total. The number of hydrogen-bond acceptors (Lipinski definition) is 2. The summed E-state index contributed by atoms with van der Waals surface area (Å²) in [6, 6.07) is 0. The molecule has 2 nitrogen and oxygen atoms in total. The maximum atomic E-state index is 6.30. The van der Waals surface area contributed by atoms with Crippen molar-refractivity contribution in [2.45, 2.75) is 31.2 Å². The van der Waals surface area contributed by atoms with Crippen LogP contribution in [-0.4, -0.2) is 36.7 Å². The summed E-state index contributed by atoms with van der Waals surface area (Å²) in [4.78, 5) is 2.41. The fourth-order valence-corrected chi connectivity index (χ4v) is 2.31. The van der Waals surface area contributed by atoms with Gasteiger partial charge in [-0.3, -0.25) is 4.90 Å². The monoisotopic (exact) mass is 167 g/mol. The van der Waals surface area contributed by atoms with Crippen LogP contribution in [0.4, 0.5) is 0 Å². The van der Waals surface area contributed by atoms with Crippen LogP contribution in [-0.2, 0) is 4.74 Å². The smallest absolute Gasteiger partial charge is 0.0594 e. The second-order valence-corrected chi connectivity index (χ2v) is 3.91. The highest BCUT2D eigenvalue weighted by Gasteiger charge is 2.35. The van der Waals surface area contributed by atoms with Gasteiger partial charge in [-0.2, -0.15) is 0 Å². The molecule has 0 aromatic rings. The Balaban J connectivity index is 1.96. The van der Waals surface area contributed by atoms with E-state index in [0.717, 1.165) is 26.3 Å². The molecule has 2 radical (unpaired) electrons. The highest BCUT2D eigenvalue weighted by atomic mass is 16.5. The molecular weight excluding hydrogens is 150 g/mol. The third kappa shape index (κ3) is 1.50. The lowest BCUT2D eigenvalue weighted by Gasteiger charge is -2.40. The van der Waals surface area contributed by atoms with Gasteiger partial charge in [-0.15, -0.1) is 0 Å². The third-order valence-electron chi connectivity index (χ3n) is 3.11. The first-order chi connectivity index (χ1) is 5.81. The van der Waals surface area contributed by atoms with Crippen molar-refractivity contribution in [2.75, 3.05) is 26.3 Å². The highest BCUT2D eigenvalue weighted by Crippen LogP contribution is 2.34. The summed E-state index contributed by atoms with van der Waals surface area (Å²) in [7, 11) is 0. The zero-order valence-corrected chi connectivity index (χ0v) is 7.59. The molecule has 1 aliphatic carbocycles. The minimum atomic E-state index is 0.0176. The normalized spacial score (nSPS) is 30.8. The van der Waals surface area contributed by atoms with Gasteiger partial charge in [0.05, 0.1) is 13.2 Å². The number of nitrogens with zero attached hydrogens (tertiary/aromatic N) is 1. The number of morpholine rings is 1. The van der Waals surface area contributed by atoms with Crippen molar-refractivity contribution < 1.29 is 4.74 Å².